The zero-order valence-electron chi connectivity index (χ0n) is 18.0. The van der Waals surface area contributed by atoms with Crippen LogP contribution in [-0.2, 0) is 12.7 Å². The minimum atomic E-state index is -1.96. The second-order valence-electron chi connectivity index (χ2n) is 8.35. The summed E-state index contributed by atoms with van der Waals surface area (Å²) in [6, 6.07) is 5.23. The van der Waals surface area contributed by atoms with E-state index >= 15 is 4.39 Å². The lowest BCUT2D eigenvalue weighted by Crippen LogP contribution is -2.31. The highest BCUT2D eigenvalue weighted by atomic mass is 19.1. The first-order valence-electron chi connectivity index (χ1n) is 10.5. The smallest absolute Gasteiger partial charge is 0.365 e. The predicted octanol–water partition coefficient (Wildman–Crippen LogP) is 2.94. The molecule has 32 heavy (non-hydrogen) atoms. The maximum Gasteiger partial charge on any atom is 0.439 e. The topological polar surface area (TPSA) is 127 Å². The first-order valence-corrected chi connectivity index (χ1v) is 10.5. The van der Waals surface area contributed by atoms with Crippen molar-refractivity contribution in [2.24, 2.45) is 13.0 Å². The number of nitrogens with zero attached hydrogens (tertiary/aromatic N) is 6. The summed E-state index contributed by atoms with van der Waals surface area (Å²) in [5.41, 5.74) is -0.888. The molecule has 1 aliphatic rings. The molecular formula is C21H23FN8O2. The molecule has 4 aromatic rings. The fourth-order valence-electron chi connectivity index (χ4n) is 4.09. The SMILES string of the molecule is CC(Nc1nc(-c2noc(=O)[nH]2)nc2nc(C(C)(F)c3ccccn3)n(C)c12)C1CCC1. The number of fused-ring (bicyclic) bond motifs is 1. The van der Waals surface area contributed by atoms with E-state index < -0.39 is 11.4 Å². The molecule has 0 bridgehead atoms. The summed E-state index contributed by atoms with van der Waals surface area (Å²) in [6.45, 7) is 3.52. The van der Waals surface area contributed by atoms with Crippen LogP contribution in [0, 0.1) is 5.92 Å². The van der Waals surface area contributed by atoms with Crippen molar-refractivity contribution < 1.29 is 8.91 Å². The number of aromatic amines is 1. The van der Waals surface area contributed by atoms with Gasteiger partial charge in [0.2, 0.25) is 17.3 Å². The number of anilines is 1. The van der Waals surface area contributed by atoms with Crippen LogP contribution in [0.2, 0.25) is 0 Å². The molecule has 1 aliphatic carbocycles. The number of imidazole rings is 1. The Bertz CT molecular complexity index is 1320. The minimum Gasteiger partial charge on any atom is -0.365 e. The van der Waals surface area contributed by atoms with Crippen molar-refractivity contribution in [1.29, 1.82) is 0 Å². The van der Waals surface area contributed by atoms with Gasteiger partial charge in [-0.05, 0) is 44.7 Å². The third-order valence-corrected chi connectivity index (χ3v) is 6.17. The van der Waals surface area contributed by atoms with Gasteiger partial charge in [-0.2, -0.15) is 0 Å². The van der Waals surface area contributed by atoms with Gasteiger partial charge in [-0.25, -0.2) is 24.1 Å². The molecule has 11 heteroatoms. The van der Waals surface area contributed by atoms with Crippen LogP contribution in [0.25, 0.3) is 22.8 Å². The molecule has 1 saturated carbocycles. The maximum absolute atomic E-state index is 16.0. The number of hydrogen-bond donors (Lipinski definition) is 2. The van der Waals surface area contributed by atoms with Gasteiger partial charge in [-0.15, -0.1) is 0 Å². The highest BCUT2D eigenvalue weighted by Gasteiger charge is 2.36. The molecule has 2 unspecified atom stereocenters. The number of halogens is 1. The van der Waals surface area contributed by atoms with Crippen LogP contribution in [0.15, 0.2) is 33.7 Å². The lowest BCUT2D eigenvalue weighted by Gasteiger charge is -2.32. The Morgan fingerprint density at radius 3 is 2.75 bits per heavy atom. The second kappa shape index (κ2) is 7.50. The summed E-state index contributed by atoms with van der Waals surface area (Å²) >= 11 is 0. The molecule has 0 spiro atoms. The molecule has 0 radical (unpaired) electrons. The monoisotopic (exact) mass is 438 g/mol. The molecule has 166 valence electrons. The van der Waals surface area contributed by atoms with Crippen LogP contribution in [0.3, 0.4) is 0 Å². The Labute approximate surface area is 182 Å². The van der Waals surface area contributed by atoms with Gasteiger partial charge in [0.1, 0.15) is 5.52 Å². The molecule has 4 heterocycles. The van der Waals surface area contributed by atoms with Crippen LogP contribution >= 0.6 is 0 Å². The molecule has 1 fully saturated rings. The van der Waals surface area contributed by atoms with Gasteiger partial charge in [0.15, 0.2) is 17.3 Å². The molecule has 0 saturated heterocycles. The number of hydrogen-bond acceptors (Lipinski definition) is 8. The van der Waals surface area contributed by atoms with Crippen LogP contribution in [0.4, 0.5) is 10.2 Å². The van der Waals surface area contributed by atoms with Crippen molar-refractivity contribution >= 4 is 17.0 Å². The Morgan fingerprint density at radius 2 is 2.12 bits per heavy atom. The standard InChI is InChI=1S/C21H23FN8O2/c1-11(12-7-6-8-12)24-15-14-16(26-17(25-15)18-28-20(31)32-29-18)27-19(30(14)3)21(2,22)13-9-4-5-10-23-13/h4-5,9-12H,6-8H2,1-3H3,(H,24,25,26)(H,28,29,31). The van der Waals surface area contributed by atoms with E-state index in [-0.39, 0.29) is 34.9 Å². The zero-order valence-corrected chi connectivity index (χ0v) is 18.0. The van der Waals surface area contributed by atoms with Crippen LogP contribution < -0.4 is 11.1 Å². The number of nitrogens with one attached hydrogen (secondary N) is 2. The Morgan fingerprint density at radius 1 is 1.31 bits per heavy atom. The largest absolute Gasteiger partial charge is 0.439 e. The van der Waals surface area contributed by atoms with Crippen LogP contribution in [-0.4, -0.2) is 40.7 Å². The van der Waals surface area contributed by atoms with E-state index in [0.29, 0.717) is 17.3 Å². The summed E-state index contributed by atoms with van der Waals surface area (Å²) < 4.78 is 22.2. The average molecular weight is 438 g/mol. The fourth-order valence-corrected chi connectivity index (χ4v) is 4.09. The number of alkyl halides is 1. The third-order valence-electron chi connectivity index (χ3n) is 6.17. The summed E-state index contributed by atoms with van der Waals surface area (Å²) in [6.07, 6.45) is 5.04. The number of aromatic nitrogens is 7. The number of pyridine rings is 1. The average Bonchev–Trinajstić information content (AvgIpc) is 3.31. The number of rotatable bonds is 6. The minimum absolute atomic E-state index is 0.0798. The van der Waals surface area contributed by atoms with Crippen molar-refractivity contribution in [1.82, 2.24) is 34.6 Å². The van der Waals surface area contributed by atoms with E-state index in [1.807, 2.05) is 0 Å². The van der Waals surface area contributed by atoms with Crippen LogP contribution in [0.1, 0.15) is 44.6 Å². The van der Waals surface area contributed by atoms with Gasteiger partial charge < -0.3 is 9.88 Å². The quantitative estimate of drug-likeness (QED) is 0.470. The first-order chi connectivity index (χ1) is 15.3. The Kier molecular flexibility index (Phi) is 4.75. The lowest BCUT2D eigenvalue weighted by molar-refractivity contribution is 0.224. The molecular weight excluding hydrogens is 415 g/mol. The summed E-state index contributed by atoms with van der Waals surface area (Å²) in [4.78, 5) is 31.6. The lowest BCUT2D eigenvalue weighted by atomic mass is 9.80. The maximum atomic E-state index is 16.0. The third kappa shape index (κ3) is 3.33. The molecule has 4 aromatic heterocycles. The van der Waals surface area contributed by atoms with Gasteiger partial charge in [-0.3, -0.25) is 14.5 Å². The van der Waals surface area contributed by atoms with Gasteiger partial charge in [0.05, 0.1) is 5.69 Å². The summed E-state index contributed by atoms with van der Waals surface area (Å²) in [5.74, 6) is 0.667. The van der Waals surface area contributed by atoms with E-state index in [1.54, 1.807) is 36.0 Å². The molecule has 10 nitrogen and oxygen atoms in total. The zero-order chi connectivity index (χ0) is 22.5. The number of aryl methyl sites for hydroxylation is 1. The molecule has 0 aromatic carbocycles. The van der Waals surface area contributed by atoms with Crippen LogP contribution in [0.5, 0.6) is 0 Å². The predicted molar refractivity (Wildman–Crippen MR) is 115 cm³/mol. The molecule has 2 atom stereocenters. The first kappa shape index (κ1) is 20.3. The highest BCUT2D eigenvalue weighted by Crippen LogP contribution is 2.36. The van der Waals surface area contributed by atoms with Gasteiger partial charge in [0.25, 0.3) is 0 Å². The van der Waals surface area contributed by atoms with E-state index in [2.05, 4.69) is 46.8 Å². The van der Waals surface area contributed by atoms with Gasteiger partial charge >= 0.3 is 5.76 Å². The van der Waals surface area contributed by atoms with E-state index in [9.17, 15) is 4.79 Å². The van der Waals surface area contributed by atoms with Gasteiger partial charge in [-0.1, -0.05) is 17.6 Å². The second-order valence-corrected chi connectivity index (χ2v) is 8.35. The van der Waals surface area contributed by atoms with Gasteiger partial charge in [0, 0.05) is 19.3 Å². The van der Waals surface area contributed by atoms with E-state index in [1.165, 1.54) is 13.3 Å². The Hall–Kier alpha value is -3.63. The van der Waals surface area contributed by atoms with Crippen molar-refractivity contribution in [3.8, 4) is 11.6 Å². The van der Waals surface area contributed by atoms with Crippen molar-refractivity contribution in [2.75, 3.05) is 5.32 Å². The molecule has 2 N–H and O–H groups in total. The summed E-state index contributed by atoms with van der Waals surface area (Å²) in [7, 11) is 1.73. The van der Waals surface area contributed by atoms with Crippen molar-refractivity contribution in [3.05, 3.63) is 46.5 Å². The summed E-state index contributed by atoms with van der Waals surface area (Å²) in [5, 5.41) is 7.14. The van der Waals surface area contributed by atoms with Crippen molar-refractivity contribution in [3.63, 3.8) is 0 Å². The van der Waals surface area contributed by atoms with Crippen molar-refractivity contribution in [2.45, 2.75) is 44.8 Å². The fraction of sp³-hybridized carbons (Fsp3) is 0.429. The molecule has 0 amide bonds. The van der Waals surface area contributed by atoms with E-state index in [0.717, 1.165) is 12.8 Å². The number of H-pyrrole nitrogens is 1. The Balaban J connectivity index is 1.67. The molecule has 0 aliphatic heterocycles. The highest BCUT2D eigenvalue weighted by molar-refractivity contribution is 5.85. The normalized spacial score (nSPS) is 17.1. The van der Waals surface area contributed by atoms with E-state index in [4.69, 9.17) is 0 Å². The molecule has 5 rings (SSSR count).